The average Bonchev–Trinajstić information content (AvgIpc) is 3.37. The van der Waals surface area contributed by atoms with E-state index in [0.717, 1.165) is 24.6 Å². The fraction of sp³-hybridized carbons (Fsp3) is 0.364. The molecule has 2 aromatic heterocycles. The summed E-state index contributed by atoms with van der Waals surface area (Å²) in [4.78, 5) is 24.4. The molecule has 0 radical (unpaired) electrons. The molecule has 7 heteroatoms. The standard InChI is InChI=1S/C22H22O6S/c1-13(22(24)25)10-17-16-6-5-15(27-19-4-2-3-8-26-19)11-18(16)28-21(17)20(23)14-7-9-29-12-14/h5-7,9,11-13,19H,2-4,8,10H2,1H3,(H,24,25). The molecule has 0 spiro atoms. The number of hydrogen-bond acceptors (Lipinski definition) is 6. The van der Waals surface area contributed by atoms with Gasteiger partial charge in [-0.25, -0.2) is 0 Å². The maximum absolute atomic E-state index is 13.0. The first-order valence-corrected chi connectivity index (χ1v) is 10.6. The summed E-state index contributed by atoms with van der Waals surface area (Å²) in [6.07, 6.45) is 2.86. The Morgan fingerprint density at radius 1 is 1.31 bits per heavy atom. The predicted octanol–water partition coefficient (Wildman–Crippen LogP) is 4.89. The van der Waals surface area contributed by atoms with E-state index in [0.29, 0.717) is 29.1 Å². The largest absolute Gasteiger partial charge is 0.481 e. The monoisotopic (exact) mass is 414 g/mol. The summed E-state index contributed by atoms with van der Waals surface area (Å²) >= 11 is 1.43. The molecule has 0 amide bonds. The quantitative estimate of drug-likeness (QED) is 0.554. The lowest BCUT2D eigenvalue weighted by molar-refractivity contribution is -0.141. The summed E-state index contributed by atoms with van der Waals surface area (Å²) in [7, 11) is 0. The number of furan rings is 1. The Morgan fingerprint density at radius 2 is 2.17 bits per heavy atom. The Hall–Kier alpha value is -2.64. The molecule has 1 fully saturated rings. The van der Waals surface area contributed by atoms with Crippen LogP contribution in [0.3, 0.4) is 0 Å². The third kappa shape index (κ3) is 4.21. The molecule has 152 valence electrons. The smallest absolute Gasteiger partial charge is 0.306 e. The number of carbonyl (C=O) groups excluding carboxylic acids is 1. The Bertz CT molecular complexity index is 1010. The van der Waals surface area contributed by atoms with Gasteiger partial charge in [0.25, 0.3) is 0 Å². The van der Waals surface area contributed by atoms with E-state index in [-0.39, 0.29) is 24.3 Å². The van der Waals surface area contributed by atoms with Crippen molar-refractivity contribution < 1.29 is 28.6 Å². The molecule has 3 heterocycles. The summed E-state index contributed by atoms with van der Waals surface area (Å²) in [5.41, 5.74) is 1.65. The maximum atomic E-state index is 13.0. The number of thiophene rings is 1. The molecule has 1 N–H and O–H groups in total. The average molecular weight is 414 g/mol. The van der Waals surface area contributed by atoms with E-state index in [4.69, 9.17) is 13.9 Å². The minimum absolute atomic E-state index is 0.192. The fourth-order valence-electron chi connectivity index (χ4n) is 3.46. The van der Waals surface area contributed by atoms with E-state index in [1.807, 2.05) is 17.5 Å². The number of aliphatic carboxylic acids is 1. The third-order valence-corrected chi connectivity index (χ3v) is 5.77. The van der Waals surface area contributed by atoms with Crippen molar-refractivity contribution in [2.24, 2.45) is 5.92 Å². The van der Waals surface area contributed by atoms with Crippen LogP contribution in [0.15, 0.2) is 39.4 Å². The molecular weight excluding hydrogens is 392 g/mol. The van der Waals surface area contributed by atoms with Crippen molar-refractivity contribution in [3.8, 4) is 5.75 Å². The second-order valence-electron chi connectivity index (χ2n) is 7.27. The zero-order valence-corrected chi connectivity index (χ0v) is 16.9. The molecule has 0 bridgehead atoms. The Balaban J connectivity index is 1.71. The first-order chi connectivity index (χ1) is 14.0. The second-order valence-corrected chi connectivity index (χ2v) is 8.05. The van der Waals surface area contributed by atoms with Crippen LogP contribution in [0, 0.1) is 5.92 Å². The van der Waals surface area contributed by atoms with E-state index in [1.165, 1.54) is 11.3 Å². The van der Waals surface area contributed by atoms with Gasteiger partial charge in [-0.05, 0) is 42.8 Å². The number of ketones is 1. The van der Waals surface area contributed by atoms with Crippen molar-refractivity contribution in [3.63, 3.8) is 0 Å². The zero-order chi connectivity index (χ0) is 20.4. The molecular formula is C22H22O6S. The van der Waals surface area contributed by atoms with Gasteiger partial charge in [0.15, 0.2) is 12.1 Å². The molecule has 2 atom stereocenters. The van der Waals surface area contributed by atoms with Crippen molar-refractivity contribution in [2.75, 3.05) is 6.61 Å². The SMILES string of the molecule is CC(Cc1c(C(=O)c2ccsc2)oc2cc(OC3CCCCO3)ccc12)C(=O)O. The van der Waals surface area contributed by atoms with Crippen LogP contribution >= 0.6 is 11.3 Å². The molecule has 1 aliphatic rings. The topological polar surface area (TPSA) is 86.0 Å². The van der Waals surface area contributed by atoms with E-state index in [2.05, 4.69) is 0 Å². The normalized spacial score (nSPS) is 17.9. The van der Waals surface area contributed by atoms with E-state index in [9.17, 15) is 14.7 Å². The zero-order valence-electron chi connectivity index (χ0n) is 16.1. The first-order valence-electron chi connectivity index (χ1n) is 9.66. The molecule has 6 nitrogen and oxygen atoms in total. The van der Waals surface area contributed by atoms with Crippen LogP contribution in [0.25, 0.3) is 11.0 Å². The minimum Gasteiger partial charge on any atom is -0.481 e. The van der Waals surface area contributed by atoms with Crippen LogP contribution in [0.5, 0.6) is 5.75 Å². The molecule has 29 heavy (non-hydrogen) atoms. The van der Waals surface area contributed by atoms with Crippen molar-refractivity contribution >= 4 is 34.1 Å². The minimum atomic E-state index is -0.914. The summed E-state index contributed by atoms with van der Waals surface area (Å²) < 4.78 is 17.5. The van der Waals surface area contributed by atoms with Gasteiger partial charge < -0.3 is 19.0 Å². The lowest BCUT2D eigenvalue weighted by Crippen LogP contribution is -2.24. The molecule has 3 aromatic rings. The van der Waals surface area contributed by atoms with Gasteiger partial charge in [0.2, 0.25) is 5.78 Å². The highest BCUT2D eigenvalue weighted by molar-refractivity contribution is 7.08. The number of ether oxygens (including phenoxy) is 2. The number of fused-ring (bicyclic) bond motifs is 1. The lowest BCUT2D eigenvalue weighted by atomic mass is 9.96. The van der Waals surface area contributed by atoms with Crippen LogP contribution in [0.4, 0.5) is 0 Å². The number of benzene rings is 1. The van der Waals surface area contributed by atoms with Gasteiger partial charge in [-0.15, -0.1) is 0 Å². The van der Waals surface area contributed by atoms with Crippen LogP contribution in [-0.4, -0.2) is 29.8 Å². The summed E-state index contributed by atoms with van der Waals surface area (Å²) in [6, 6.07) is 7.11. The van der Waals surface area contributed by atoms with Gasteiger partial charge in [-0.1, -0.05) is 6.92 Å². The molecule has 1 aromatic carbocycles. The third-order valence-electron chi connectivity index (χ3n) is 5.09. The van der Waals surface area contributed by atoms with Crippen molar-refractivity contribution in [3.05, 3.63) is 51.9 Å². The highest BCUT2D eigenvalue weighted by Gasteiger charge is 2.26. The highest BCUT2D eigenvalue weighted by Crippen LogP contribution is 2.33. The van der Waals surface area contributed by atoms with Crippen LogP contribution in [-0.2, 0) is 16.0 Å². The predicted molar refractivity (Wildman–Crippen MR) is 109 cm³/mol. The molecule has 1 saturated heterocycles. The second kappa shape index (κ2) is 8.39. The number of hydrogen-bond donors (Lipinski definition) is 1. The number of carbonyl (C=O) groups is 2. The number of carboxylic acids is 1. The molecule has 0 aliphatic carbocycles. The first kappa shape index (κ1) is 19.7. The Morgan fingerprint density at radius 3 is 2.86 bits per heavy atom. The molecule has 0 saturated carbocycles. The van der Waals surface area contributed by atoms with Crippen molar-refractivity contribution in [1.29, 1.82) is 0 Å². The van der Waals surface area contributed by atoms with Crippen molar-refractivity contribution in [1.82, 2.24) is 0 Å². The van der Waals surface area contributed by atoms with Crippen LogP contribution < -0.4 is 4.74 Å². The summed E-state index contributed by atoms with van der Waals surface area (Å²) in [5.74, 6) is -1.00. The van der Waals surface area contributed by atoms with Crippen molar-refractivity contribution in [2.45, 2.75) is 38.9 Å². The Labute approximate surface area is 172 Å². The van der Waals surface area contributed by atoms with Crippen LogP contribution in [0.1, 0.15) is 47.9 Å². The lowest BCUT2D eigenvalue weighted by Gasteiger charge is -2.23. The van der Waals surface area contributed by atoms with E-state index in [1.54, 1.807) is 24.4 Å². The van der Waals surface area contributed by atoms with Gasteiger partial charge in [0, 0.05) is 34.4 Å². The summed E-state index contributed by atoms with van der Waals surface area (Å²) in [6.45, 7) is 2.31. The highest BCUT2D eigenvalue weighted by atomic mass is 32.1. The number of rotatable bonds is 7. The van der Waals surface area contributed by atoms with Gasteiger partial charge >= 0.3 is 5.97 Å². The van der Waals surface area contributed by atoms with E-state index >= 15 is 0 Å². The fourth-order valence-corrected chi connectivity index (χ4v) is 4.10. The van der Waals surface area contributed by atoms with Crippen LogP contribution in [0.2, 0.25) is 0 Å². The van der Waals surface area contributed by atoms with Gasteiger partial charge in [0.05, 0.1) is 12.5 Å². The molecule has 4 rings (SSSR count). The van der Waals surface area contributed by atoms with Gasteiger partial charge in [-0.2, -0.15) is 11.3 Å². The number of carboxylic acid groups (broad SMARTS) is 1. The van der Waals surface area contributed by atoms with Gasteiger partial charge in [-0.3, -0.25) is 9.59 Å². The molecule has 1 aliphatic heterocycles. The van der Waals surface area contributed by atoms with Gasteiger partial charge in [0.1, 0.15) is 11.3 Å². The summed E-state index contributed by atoms with van der Waals surface area (Å²) in [5, 5.41) is 13.7. The Kier molecular flexibility index (Phi) is 5.69. The van der Waals surface area contributed by atoms with E-state index < -0.39 is 11.9 Å². The molecule has 2 unspecified atom stereocenters. The maximum Gasteiger partial charge on any atom is 0.306 e.